The second-order valence-corrected chi connectivity index (χ2v) is 11.5. The molecule has 0 heterocycles. The minimum Gasteiger partial charge on any atom is -0.357 e. The maximum Gasteiger partial charge on any atom is 0.244 e. The quantitative estimate of drug-likeness (QED) is 0.334. The minimum atomic E-state index is -4.07. The van der Waals surface area contributed by atoms with Gasteiger partial charge < -0.3 is 10.2 Å². The summed E-state index contributed by atoms with van der Waals surface area (Å²) in [6, 6.07) is 16.2. The predicted molar refractivity (Wildman–Crippen MR) is 149 cm³/mol. The molecule has 0 radical (unpaired) electrons. The molecule has 0 aliphatic heterocycles. The number of sulfonamides is 1. The Morgan fingerprint density at radius 1 is 0.947 bits per heavy atom. The first-order valence-electron chi connectivity index (χ1n) is 11.3. The molecule has 1 N–H and O–H groups in total. The topological polar surface area (TPSA) is 86.8 Å². The number of amides is 2. The van der Waals surface area contributed by atoms with Gasteiger partial charge in [-0.2, -0.15) is 0 Å². The second-order valence-electron chi connectivity index (χ2n) is 8.42. The van der Waals surface area contributed by atoms with Crippen molar-refractivity contribution in [3.63, 3.8) is 0 Å². The van der Waals surface area contributed by atoms with Gasteiger partial charge in [0.15, 0.2) is 0 Å². The first-order valence-corrected chi connectivity index (χ1v) is 14.3. The number of anilines is 1. The molecule has 7 nitrogen and oxygen atoms in total. The van der Waals surface area contributed by atoms with Crippen molar-refractivity contribution in [3.8, 4) is 0 Å². The molecule has 0 aliphatic rings. The van der Waals surface area contributed by atoms with Gasteiger partial charge in [-0.15, -0.1) is 0 Å². The van der Waals surface area contributed by atoms with Crippen molar-refractivity contribution in [3.05, 3.63) is 98.7 Å². The molecule has 0 fully saturated rings. The van der Waals surface area contributed by atoms with Crippen LogP contribution in [0.3, 0.4) is 0 Å². The van der Waals surface area contributed by atoms with E-state index in [1.54, 1.807) is 30.3 Å². The molecule has 0 saturated carbocycles. The van der Waals surface area contributed by atoms with Gasteiger partial charge in [-0.25, -0.2) is 12.8 Å². The molecule has 3 rings (SSSR count). The molecule has 0 aromatic heterocycles. The summed E-state index contributed by atoms with van der Waals surface area (Å²) in [5.74, 6) is -1.84. The molecule has 3 aromatic rings. The van der Waals surface area contributed by atoms with E-state index in [1.165, 1.54) is 37.4 Å². The summed E-state index contributed by atoms with van der Waals surface area (Å²) in [6.07, 6.45) is 1.01. The van der Waals surface area contributed by atoms with E-state index in [1.807, 2.05) is 6.07 Å². The van der Waals surface area contributed by atoms with Crippen molar-refractivity contribution in [1.82, 2.24) is 10.2 Å². The number of hydrogen-bond donors (Lipinski definition) is 1. The first kappa shape index (κ1) is 29.7. The molecule has 202 valence electrons. The van der Waals surface area contributed by atoms with Crippen molar-refractivity contribution in [2.24, 2.45) is 0 Å². The van der Waals surface area contributed by atoms with Gasteiger partial charge in [-0.1, -0.05) is 83.3 Å². The highest BCUT2D eigenvalue weighted by Crippen LogP contribution is 2.35. The van der Waals surface area contributed by atoms with E-state index in [9.17, 15) is 22.4 Å². The predicted octanol–water partition coefficient (Wildman–Crippen LogP) is 4.94. The molecule has 0 spiro atoms. The number of halogens is 4. The zero-order valence-electron chi connectivity index (χ0n) is 20.5. The van der Waals surface area contributed by atoms with E-state index in [4.69, 9.17) is 34.8 Å². The van der Waals surface area contributed by atoms with Gasteiger partial charge in [0.25, 0.3) is 0 Å². The molecular formula is C26H25Cl3FN3O4S. The first-order chi connectivity index (χ1) is 17.9. The maximum atomic E-state index is 14.6. The van der Waals surface area contributed by atoms with Gasteiger partial charge in [0.2, 0.25) is 21.8 Å². The number of nitrogens with zero attached hydrogens (tertiary/aromatic N) is 2. The number of hydrogen-bond acceptors (Lipinski definition) is 4. The van der Waals surface area contributed by atoms with Crippen LogP contribution in [-0.2, 0) is 32.6 Å². The lowest BCUT2D eigenvalue weighted by atomic mass is 10.0. The Hall–Kier alpha value is -2.85. The van der Waals surface area contributed by atoms with E-state index in [-0.39, 0.29) is 39.3 Å². The van der Waals surface area contributed by atoms with Crippen LogP contribution < -0.4 is 9.62 Å². The van der Waals surface area contributed by atoms with Crippen LogP contribution in [0.1, 0.15) is 11.1 Å². The number of carbonyl (C=O) groups is 2. The van der Waals surface area contributed by atoms with Crippen molar-refractivity contribution in [1.29, 1.82) is 0 Å². The SMILES string of the molecule is CNC(=O)[C@@H](Cc1ccccc1)N(Cc1ccccc1F)C(=O)CN(c1cc(Cl)c(Cl)cc1Cl)S(C)(=O)=O. The second kappa shape index (κ2) is 12.8. The normalized spacial score (nSPS) is 12.1. The number of likely N-dealkylation sites (N-methyl/N-ethyl adjacent to an activating group) is 1. The highest BCUT2D eigenvalue weighted by atomic mass is 35.5. The molecule has 12 heteroatoms. The lowest BCUT2D eigenvalue weighted by Crippen LogP contribution is -2.53. The summed E-state index contributed by atoms with van der Waals surface area (Å²) in [7, 11) is -2.64. The third-order valence-corrected chi connectivity index (χ3v) is 7.90. The Kier molecular flexibility index (Phi) is 10.0. The molecule has 38 heavy (non-hydrogen) atoms. The van der Waals surface area contributed by atoms with Crippen molar-refractivity contribution >= 4 is 62.3 Å². The van der Waals surface area contributed by atoms with E-state index in [0.29, 0.717) is 0 Å². The fourth-order valence-electron chi connectivity index (χ4n) is 3.83. The van der Waals surface area contributed by atoms with Gasteiger partial charge in [0.1, 0.15) is 18.4 Å². The Labute approximate surface area is 236 Å². The third kappa shape index (κ3) is 7.38. The number of benzene rings is 3. The number of carbonyl (C=O) groups excluding carboxylic acids is 2. The fraction of sp³-hybridized carbons (Fsp3) is 0.231. The number of rotatable bonds is 10. The van der Waals surface area contributed by atoms with E-state index in [0.717, 1.165) is 21.0 Å². The Morgan fingerprint density at radius 3 is 2.16 bits per heavy atom. The van der Waals surface area contributed by atoms with Crippen LogP contribution in [0.15, 0.2) is 66.7 Å². The summed E-state index contributed by atoms with van der Waals surface area (Å²) >= 11 is 18.4. The Bertz CT molecular complexity index is 1420. The van der Waals surface area contributed by atoms with Crippen LogP contribution in [0, 0.1) is 5.82 Å². The van der Waals surface area contributed by atoms with Gasteiger partial charge in [-0.3, -0.25) is 13.9 Å². The van der Waals surface area contributed by atoms with E-state index >= 15 is 0 Å². The van der Waals surface area contributed by atoms with Crippen molar-refractivity contribution in [2.45, 2.75) is 19.0 Å². The van der Waals surface area contributed by atoms with E-state index in [2.05, 4.69) is 5.32 Å². The van der Waals surface area contributed by atoms with Gasteiger partial charge in [0.05, 0.1) is 27.0 Å². The monoisotopic (exact) mass is 599 g/mol. The van der Waals surface area contributed by atoms with Gasteiger partial charge in [0, 0.05) is 25.6 Å². The van der Waals surface area contributed by atoms with Crippen LogP contribution in [0.4, 0.5) is 10.1 Å². The zero-order valence-corrected chi connectivity index (χ0v) is 23.6. The molecule has 0 bridgehead atoms. The molecule has 2 amide bonds. The van der Waals surface area contributed by atoms with Crippen molar-refractivity contribution < 1.29 is 22.4 Å². The van der Waals surface area contributed by atoms with Crippen LogP contribution in [-0.4, -0.2) is 51.0 Å². The Morgan fingerprint density at radius 2 is 1.55 bits per heavy atom. The van der Waals surface area contributed by atoms with Crippen LogP contribution in [0.2, 0.25) is 15.1 Å². The Balaban J connectivity index is 2.08. The minimum absolute atomic E-state index is 0.0303. The third-order valence-electron chi connectivity index (χ3n) is 5.75. The summed E-state index contributed by atoms with van der Waals surface area (Å²) in [4.78, 5) is 28.0. The summed E-state index contributed by atoms with van der Waals surface area (Å²) in [5, 5.41) is 2.63. The summed E-state index contributed by atoms with van der Waals surface area (Å²) in [6.45, 7) is -1.02. The lowest BCUT2D eigenvalue weighted by Gasteiger charge is -2.33. The lowest BCUT2D eigenvalue weighted by molar-refractivity contribution is -0.139. The molecule has 3 aromatic carbocycles. The smallest absolute Gasteiger partial charge is 0.244 e. The maximum absolute atomic E-state index is 14.6. The molecule has 1 atom stereocenters. The van der Waals surface area contributed by atoms with Crippen LogP contribution >= 0.6 is 34.8 Å². The molecule has 0 aliphatic carbocycles. The van der Waals surface area contributed by atoms with Crippen molar-refractivity contribution in [2.75, 3.05) is 24.2 Å². The molecular weight excluding hydrogens is 576 g/mol. The zero-order chi connectivity index (χ0) is 28.0. The largest absolute Gasteiger partial charge is 0.357 e. The molecule has 0 saturated heterocycles. The average Bonchev–Trinajstić information content (AvgIpc) is 2.87. The van der Waals surface area contributed by atoms with Gasteiger partial charge >= 0.3 is 0 Å². The standard InChI is InChI=1S/C26H25Cl3FN3O4S/c1-31-26(35)24(12-17-8-4-3-5-9-17)32(15-18-10-6-7-11-22(18)30)25(34)16-33(38(2,36)37)23-14-20(28)19(27)13-21(23)29/h3-11,13-14,24H,12,15-16H2,1-2H3,(H,31,35)/t24-/m1/s1. The number of nitrogens with one attached hydrogen (secondary N) is 1. The summed E-state index contributed by atoms with van der Waals surface area (Å²) < 4.78 is 41.0. The summed E-state index contributed by atoms with van der Waals surface area (Å²) in [5.41, 5.74) is 0.837. The highest BCUT2D eigenvalue weighted by molar-refractivity contribution is 7.92. The van der Waals surface area contributed by atoms with Crippen LogP contribution in [0.5, 0.6) is 0 Å². The van der Waals surface area contributed by atoms with Gasteiger partial charge in [-0.05, 0) is 23.8 Å². The van der Waals surface area contributed by atoms with E-state index < -0.39 is 40.2 Å². The molecule has 0 unspecified atom stereocenters. The fourth-order valence-corrected chi connectivity index (χ4v) is 5.38. The average molecular weight is 601 g/mol. The van der Waals surface area contributed by atoms with Crippen LogP contribution in [0.25, 0.3) is 0 Å². The highest BCUT2D eigenvalue weighted by Gasteiger charge is 2.33.